The highest BCUT2D eigenvalue weighted by atomic mass is 32.1. The summed E-state index contributed by atoms with van der Waals surface area (Å²) in [5.41, 5.74) is 0.590. The topological polar surface area (TPSA) is 109 Å². The zero-order valence-corrected chi connectivity index (χ0v) is 25.2. The van der Waals surface area contributed by atoms with Crippen LogP contribution in [0.3, 0.4) is 0 Å². The monoisotopic (exact) mass is 569 g/mol. The van der Waals surface area contributed by atoms with Crippen LogP contribution in [0, 0.1) is 6.92 Å². The van der Waals surface area contributed by atoms with E-state index in [0.717, 1.165) is 10.6 Å². The molecule has 0 saturated heterocycles. The van der Waals surface area contributed by atoms with Crippen LogP contribution in [0.4, 0.5) is 5.00 Å². The number of carbonyl (C=O) groups excluding carboxylic acids is 2. The summed E-state index contributed by atoms with van der Waals surface area (Å²) < 4.78 is 13.7. The molecule has 2 amide bonds. The Kier molecular flexibility index (Phi) is 8.57. The fourth-order valence-electron chi connectivity index (χ4n) is 4.94. The third-order valence-electron chi connectivity index (χ3n) is 6.88. The summed E-state index contributed by atoms with van der Waals surface area (Å²) in [5, 5.41) is 20.5. The van der Waals surface area contributed by atoms with Crippen molar-refractivity contribution < 1.29 is 24.2 Å². The van der Waals surface area contributed by atoms with Crippen LogP contribution in [0.2, 0.25) is 0 Å². The number of nitrogens with one attached hydrogen (secondary N) is 1. The Morgan fingerprint density at radius 1 is 1.18 bits per heavy atom. The predicted octanol–water partition coefficient (Wildman–Crippen LogP) is 4.26. The van der Waals surface area contributed by atoms with E-state index >= 15 is 0 Å². The number of nitrogens with zero attached hydrogens (tertiary/aromatic N) is 4. The molecule has 1 aromatic carbocycles. The lowest BCUT2D eigenvalue weighted by atomic mass is 9.97. The van der Waals surface area contributed by atoms with Crippen molar-refractivity contribution >= 4 is 28.2 Å². The maximum absolute atomic E-state index is 14.1. The van der Waals surface area contributed by atoms with Gasteiger partial charge < -0.3 is 24.8 Å². The molecule has 1 unspecified atom stereocenters. The van der Waals surface area contributed by atoms with E-state index in [9.17, 15) is 14.7 Å². The maximum atomic E-state index is 14.1. The predicted molar refractivity (Wildman–Crippen MR) is 155 cm³/mol. The van der Waals surface area contributed by atoms with E-state index < -0.39 is 23.9 Å². The van der Waals surface area contributed by atoms with Gasteiger partial charge in [0, 0.05) is 29.6 Å². The first-order valence-corrected chi connectivity index (χ1v) is 14.2. The Morgan fingerprint density at radius 3 is 2.48 bits per heavy atom. The van der Waals surface area contributed by atoms with Gasteiger partial charge in [0.05, 0.1) is 25.3 Å². The Balaban J connectivity index is 1.87. The third kappa shape index (κ3) is 5.45. The largest absolute Gasteiger partial charge is 0.496 e. The number of thiophene rings is 1. The van der Waals surface area contributed by atoms with Gasteiger partial charge in [0.1, 0.15) is 27.4 Å². The van der Waals surface area contributed by atoms with Gasteiger partial charge >= 0.3 is 0 Å². The van der Waals surface area contributed by atoms with Gasteiger partial charge in [0.25, 0.3) is 5.91 Å². The van der Waals surface area contributed by atoms with Crippen molar-refractivity contribution in [3.63, 3.8) is 0 Å². The van der Waals surface area contributed by atoms with Gasteiger partial charge in [-0.1, -0.05) is 29.5 Å². The summed E-state index contributed by atoms with van der Waals surface area (Å²) in [6.45, 7) is 12.9. The van der Waals surface area contributed by atoms with Crippen molar-refractivity contribution in [2.75, 3.05) is 18.6 Å². The summed E-state index contributed by atoms with van der Waals surface area (Å²) in [6, 6.07) is 9.27. The fraction of sp³-hybridized carbons (Fsp3) is 0.483. The van der Waals surface area contributed by atoms with Gasteiger partial charge in [-0.05, 0) is 60.6 Å². The molecule has 216 valence electrons. The Labute approximate surface area is 239 Å². The van der Waals surface area contributed by atoms with Crippen molar-refractivity contribution in [3.8, 4) is 10.8 Å². The number of carbonyl (C=O) groups is 2. The SMILES string of the molecule is COc1ccccc1[C@H](CN1c2sc(-n3cccn3)c(C)c2C(=O)N(C(C)(C)C(=O)NC(C)C)C1O)OC(C)C. The Morgan fingerprint density at radius 2 is 1.88 bits per heavy atom. The molecule has 10 nitrogen and oxygen atoms in total. The van der Waals surface area contributed by atoms with Crippen LogP contribution < -0.4 is 15.0 Å². The number of ether oxygens (including phenoxy) is 2. The van der Waals surface area contributed by atoms with Gasteiger partial charge in [-0.3, -0.25) is 14.5 Å². The molecular formula is C29H39N5O5S. The zero-order valence-electron chi connectivity index (χ0n) is 24.3. The lowest BCUT2D eigenvalue weighted by molar-refractivity contribution is -0.137. The Bertz CT molecular complexity index is 1350. The van der Waals surface area contributed by atoms with E-state index in [2.05, 4.69) is 10.4 Å². The van der Waals surface area contributed by atoms with Gasteiger partial charge in [-0.15, -0.1) is 0 Å². The van der Waals surface area contributed by atoms with Gasteiger partial charge in [-0.25, -0.2) is 4.68 Å². The van der Waals surface area contributed by atoms with Crippen molar-refractivity contribution in [2.45, 2.75) is 78.6 Å². The lowest BCUT2D eigenvalue weighted by Crippen LogP contribution is -2.67. The molecule has 1 aliphatic heterocycles. The number of hydrogen-bond donors (Lipinski definition) is 2. The summed E-state index contributed by atoms with van der Waals surface area (Å²) >= 11 is 1.36. The van der Waals surface area contributed by atoms with E-state index in [4.69, 9.17) is 9.47 Å². The molecule has 1 aliphatic rings. The highest BCUT2D eigenvalue weighted by Crippen LogP contribution is 2.45. The number of rotatable bonds is 10. The summed E-state index contributed by atoms with van der Waals surface area (Å²) in [5.74, 6) is -0.129. The lowest BCUT2D eigenvalue weighted by Gasteiger charge is -2.48. The molecule has 0 bridgehead atoms. The van der Waals surface area contributed by atoms with Gasteiger partial charge in [0.15, 0.2) is 0 Å². The van der Waals surface area contributed by atoms with Crippen LogP contribution in [0.1, 0.15) is 69.1 Å². The highest BCUT2D eigenvalue weighted by molar-refractivity contribution is 7.19. The van der Waals surface area contributed by atoms with Crippen LogP contribution in [-0.2, 0) is 9.53 Å². The van der Waals surface area contributed by atoms with E-state index in [-0.39, 0.29) is 24.6 Å². The molecule has 0 saturated carbocycles. The third-order valence-corrected chi connectivity index (χ3v) is 8.20. The van der Waals surface area contributed by atoms with E-state index in [1.165, 1.54) is 16.2 Å². The number of methoxy groups -OCH3 is 1. The zero-order chi connectivity index (χ0) is 29.4. The van der Waals surface area contributed by atoms with Crippen LogP contribution in [0.5, 0.6) is 5.75 Å². The molecule has 2 N–H and O–H groups in total. The van der Waals surface area contributed by atoms with Crippen LogP contribution >= 0.6 is 11.3 Å². The molecule has 3 heterocycles. The number of aliphatic hydroxyl groups excluding tert-OH is 1. The maximum Gasteiger partial charge on any atom is 0.261 e. The second-order valence-electron chi connectivity index (χ2n) is 10.9. The van der Waals surface area contributed by atoms with Gasteiger partial charge in [-0.2, -0.15) is 5.10 Å². The quantitative estimate of drug-likeness (QED) is 0.376. The smallest absolute Gasteiger partial charge is 0.261 e. The molecule has 0 aliphatic carbocycles. The average Bonchev–Trinajstić information content (AvgIpc) is 3.53. The minimum atomic E-state index is -1.44. The number of para-hydroxylation sites is 1. The standard InChI is InChI=1S/C29H39N5O5S/c1-17(2)31-27(36)29(6,7)34-24(35)23-19(5)25(33-15-11-14-30-33)40-26(23)32(28(34)37)16-22(39-18(3)4)20-12-9-10-13-21(20)38-8/h9-15,17-18,22,28,37H,16H2,1-8H3,(H,31,36)/t22-,28?/m0/s1. The first-order chi connectivity index (χ1) is 18.9. The second kappa shape index (κ2) is 11.6. The van der Waals surface area contributed by atoms with Crippen LogP contribution in [-0.4, -0.2) is 69.3 Å². The van der Waals surface area contributed by atoms with Crippen molar-refractivity contribution in [1.82, 2.24) is 20.0 Å². The molecule has 3 aromatic rings. The number of aromatic nitrogens is 2. The van der Waals surface area contributed by atoms with Gasteiger partial charge in [0.2, 0.25) is 12.3 Å². The number of aliphatic hydroxyl groups is 1. The minimum Gasteiger partial charge on any atom is -0.496 e. The number of hydrogen-bond acceptors (Lipinski definition) is 8. The normalized spacial score (nSPS) is 16.5. The highest BCUT2D eigenvalue weighted by Gasteiger charge is 2.50. The molecule has 0 fully saturated rings. The molecule has 4 rings (SSSR count). The first-order valence-electron chi connectivity index (χ1n) is 13.4. The molecule has 11 heteroatoms. The second-order valence-corrected chi connectivity index (χ2v) is 11.9. The summed E-state index contributed by atoms with van der Waals surface area (Å²) in [7, 11) is 1.61. The average molecular weight is 570 g/mol. The summed E-state index contributed by atoms with van der Waals surface area (Å²) in [4.78, 5) is 30.5. The molecule has 2 aromatic heterocycles. The minimum absolute atomic E-state index is 0.132. The fourth-order valence-corrected chi connectivity index (χ4v) is 6.21. The number of anilines is 1. The number of amides is 2. The van der Waals surface area contributed by atoms with E-state index in [1.807, 2.05) is 71.1 Å². The van der Waals surface area contributed by atoms with Crippen molar-refractivity contribution in [1.29, 1.82) is 0 Å². The molecule has 40 heavy (non-hydrogen) atoms. The Hall–Kier alpha value is -3.41. The molecule has 2 atom stereocenters. The van der Waals surface area contributed by atoms with Crippen LogP contribution in [0.15, 0.2) is 42.7 Å². The van der Waals surface area contributed by atoms with Crippen LogP contribution in [0.25, 0.3) is 5.00 Å². The number of benzene rings is 1. The van der Waals surface area contributed by atoms with Crippen molar-refractivity contribution in [2.24, 2.45) is 0 Å². The number of fused-ring (bicyclic) bond motifs is 1. The first kappa shape index (κ1) is 29.6. The summed E-state index contributed by atoms with van der Waals surface area (Å²) in [6.07, 6.45) is 1.40. The molecule has 0 spiro atoms. The van der Waals surface area contributed by atoms with E-state index in [1.54, 1.807) is 36.7 Å². The van der Waals surface area contributed by atoms with E-state index in [0.29, 0.717) is 21.9 Å². The molecule has 0 radical (unpaired) electrons. The molecular weight excluding hydrogens is 530 g/mol. The van der Waals surface area contributed by atoms with Crippen molar-refractivity contribution in [3.05, 3.63) is 59.4 Å².